The minimum Gasteiger partial charge on any atom is -0.387 e. The number of quaternary nitrogens is 1. The lowest BCUT2D eigenvalue weighted by atomic mass is 10.0. The van der Waals surface area contributed by atoms with Crippen molar-refractivity contribution in [2.75, 3.05) is 40.9 Å². The van der Waals surface area contributed by atoms with Crippen LogP contribution in [-0.4, -0.2) is 73.4 Å². The fourth-order valence-corrected chi connectivity index (χ4v) is 8.83. The van der Waals surface area contributed by atoms with Crippen LogP contribution in [0.3, 0.4) is 0 Å². The standard InChI is InChI=1S/C58H109N2O6P/c1-6-8-10-12-14-16-18-20-22-23-24-25-26-27-28-29-30-31-32-33-34-35-36-37-38-40-42-44-46-48-50-52-58(62)59-56(55-66-67(63,64)65-54-53-60(3,4)5)57(61)51-49-47-45-43-41-39-21-19-17-15-13-11-9-7-2/h8,10,14,16,20,22,24-25,49,51,56-57,61H,6-7,9,11-13,15,17-19,21,23,26-48,50,52-55H2,1-5H3,(H-,59,62,63,64)/p+1/b10-8-,16-14-,22-20-,25-24-,51-49+. The first-order chi connectivity index (χ1) is 32.5. The highest BCUT2D eigenvalue weighted by molar-refractivity contribution is 7.47. The molecule has 9 heteroatoms. The summed E-state index contributed by atoms with van der Waals surface area (Å²) in [4.78, 5) is 23.3. The first kappa shape index (κ1) is 65.2. The predicted molar refractivity (Wildman–Crippen MR) is 290 cm³/mol. The molecule has 0 aromatic carbocycles. The number of nitrogens with one attached hydrogen (secondary N) is 1. The van der Waals surface area contributed by atoms with E-state index in [1.165, 1.54) is 167 Å². The highest BCUT2D eigenvalue weighted by Crippen LogP contribution is 2.43. The smallest absolute Gasteiger partial charge is 0.387 e. The molecule has 67 heavy (non-hydrogen) atoms. The van der Waals surface area contributed by atoms with E-state index in [2.05, 4.69) is 67.8 Å². The number of hydrogen-bond acceptors (Lipinski definition) is 5. The Labute approximate surface area is 415 Å². The van der Waals surface area contributed by atoms with Gasteiger partial charge in [-0.2, -0.15) is 0 Å². The summed E-state index contributed by atoms with van der Waals surface area (Å²) in [7, 11) is 1.58. The van der Waals surface area contributed by atoms with Crippen LogP contribution >= 0.6 is 7.82 Å². The van der Waals surface area contributed by atoms with E-state index in [1.54, 1.807) is 6.08 Å². The number of carbonyl (C=O) groups excluding carboxylic acids is 1. The number of carbonyl (C=O) groups is 1. The van der Waals surface area contributed by atoms with Gasteiger partial charge in [0.25, 0.3) is 0 Å². The largest absolute Gasteiger partial charge is 0.472 e. The van der Waals surface area contributed by atoms with Gasteiger partial charge in [-0.1, -0.05) is 248 Å². The van der Waals surface area contributed by atoms with Crippen LogP contribution in [0.1, 0.15) is 251 Å². The van der Waals surface area contributed by atoms with Gasteiger partial charge < -0.3 is 19.8 Å². The lowest BCUT2D eigenvalue weighted by molar-refractivity contribution is -0.870. The van der Waals surface area contributed by atoms with E-state index >= 15 is 0 Å². The number of aliphatic hydroxyl groups is 1. The Hall–Kier alpha value is -1.80. The van der Waals surface area contributed by atoms with Crippen LogP contribution in [0.4, 0.5) is 0 Å². The molecule has 3 atom stereocenters. The predicted octanol–water partition coefficient (Wildman–Crippen LogP) is 16.9. The van der Waals surface area contributed by atoms with Gasteiger partial charge in [-0.05, 0) is 57.8 Å². The number of allylic oxidation sites excluding steroid dienone is 9. The highest BCUT2D eigenvalue weighted by Gasteiger charge is 2.27. The number of unbranched alkanes of at least 4 members (excludes halogenated alkanes) is 30. The van der Waals surface area contributed by atoms with Gasteiger partial charge in [0, 0.05) is 6.42 Å². The Balaban J connectivity index is 4.07. The first-order valence-corrected chi connectivity index (χ1v) is 29.7. The van der Waals surface area contributed by atoms with Gasteiger partial charge >= 0.3 is 7.82 Å². The van der Waals surface area contributed by atoms with Crippen molar-refractivity contribution in [2.24, 2.45) is 0 Å². The Bertz CT molecular complexity index is 1270. The summed E-state index contributed by atoms with van der Waals surface area (Å²) in [5.74, 6) is -0.176. The Morgan fingerprint density at radius 2 is 0.896 bits per heavy atom. The molecule has 3 unspecified atom stereocenters. The summed E-state index contributed by atoms with van der Waals surface area (Å²) in [5, 5.41) is 13.9. The Morgan fingerprint density at radius 1 is 0.522 bits per heavy atom. The number of phosphoric acid groups is 1. The zero-order valence-electron chi connectivity index (χ0n) is 44.6. The molecule has 0 rings (SSSR count). The molecule has 0 saturated heterocycles. The summed E-state index contributed by atoms with van der Waals surface area (Å²) in [6.45, 7) is 4.71. The van der Waals surface area contributed by atoms with E-state index in [4.69, 9.17) is 9.05 Å². The second kappa shape index (κ2) is 49.2. The molecule has 0 saturated carbocycles. The third-order valence-electron chi connectivity index (χ3n) is 12.5. The normalized spacial score (nSPS) is 14.4. The number of aliphatic hydroxyl groups excluding tert-OH is 1. The second-order valence-electron chi connectivity index (χ2n) is 20.3. The molecule has 8 nitrogen and oxygen atoms in total. The lowest BCUT2D eigenvalue weighted by Crippen LogP contribution is -2.45. The summed E-state index contributed by atoms with van der Waals surface area (Å²) < 4.78 is 23.7. The van der Waals surface area contributed by atoms with E-state index in [0.717, 1.165) is 64.2 Å². The number of hydrogen-bond donors (Lipinski definition) is 3. The number of amides is 1. The fourth-order valence-electron chi connectivity index (χ4n) is 8.09. The van der Waals surface area contributed by atoms with Crippen molar-refractivity contribution >= 4 is 13.7 Å². The molecule has 0 aromatic rings. The molecule has 0 aliphatic carbocycles. The average Bonchev–Trinajstić information content (AvgIpc) is 3.29. The molecular formula is C58H110N2O6P+. The number of rotatable bonds is 51. The van der Waals surface area contributed by atoms with Crippen molar-refractivity contribution in [3.05, 3.63) is 60.8 Å². The topological polar surface area (TPSA) is 105 Å². The van der Waals surface area contributed by atoms with Crippen molar-refractivity contribution in [3.63, 3.8) is 0 Å². The molecule has 0 radical (unpaired) electrons. The average molecular weight is 962 g/mol. The van der Waals surface area contributed by atoms with Gasteiger partial charge in [-0.3, -0.25) is 13.8 Å². The van der Waals surface area contributed by atoms with Crippen LogP contribution in [0.25, 0.3) is 0 Å². The van der Waals surface area contributed by atoms with Crippen molar-refractivity contribution in [3.8, 4) is 0 Å². The van der Waals surface area contributed by atoms with Gasteiger partial charge in [0.2, 0.25) is 5.91 Å². The highest BCUT2D eigenvalue weighted by atomic mass is 31.2. The maximum atomic E-state index is 13.0. The van der Waals surface area contributed by atoms with Crippen molar-refractivity contribution in [1.82, 2.24) is 5.32 Å². The van der Waals surface area contributed by atoms with Crippen LogP contribution in [-0.2, 0) is 18.4 Å². The van der Waals surface area contributed by atoms with E-state index in [1.807, 2.05) is 27.2 Å². The Morgan fingerprint density at radius 3 is 1.31 bits per heavy atom. The van der Waals surface area contributed by atoms with E-state index in [9.17, 15) is 19.4 Å². The summed E-state index contributed by atoms with van der Waals surface area (Å²) in [6, 6.07) is -0.846. The van der Waals surface area contributed by atoms with Gasteiger partial charge in [-0.15, -0.1) is 0 Å². The minimum atomic E-state index is -4.34. The van der Waals surface area contributed by atoms with Gasteiger partial charge in [0.15, 0.2) is 0 Å². The first-order valence-electron chi connectivity index (χ1n) is 28.2. The summed E-state index contributed by atoms with van der Waals surface area (Å²) >= 11 is 0. The van der Waals surface area contributed by atoms with E-state index in [0.29, 0.717) is 17.4 Å². The van der Waals surface area contributed by atoms with Crippen molar-refractivity contribution < 1.29 is 32.9 Å². The quantitative estimate of drug-likeness (QED) is 0.0243. The molecule has 0 fully saturated rings. The second-order valence-corrected chi connectivity index (χ2v) is 21.7. The van der Waals surface area contributed by atoms with E-state index in [-0.39, 0.29) is 19.1 Å². The molecule has 0 bridgehead atoms. The molecule has 392 valence electrons. The number of phosphoric ester groups is 1. The molecule has 0 aromatic heterocycles. The van der Waals surface area contributed by atoms with E-state index < -0.39 is 20.0 Å². The minimum absolute atomic E-state index is 0.0614. The number of likely N-dealkylation sites (N-methyl/N-ethyl adjacent to an activating group) is 1. The molecule has 3 N–H and O–H groups in total. The van der Waals surface area contributed by atoms with Crippen LogP contribution in [0.2, 0.25) is 0 Å². The molecule has 1 amide bonds. The SMILES string of the molecule is CC/C=C\C/C=C\C/C=C\C/C=C\CCCCCCCCCCCCCCCCCCCCC(=O)NC(COP(=O)(O)OCC[N+](C)(C)C)C(O)/C=C/CCCCCCCCCCCCCC. The van der Waals surface area contributed by atoms with Crippen LogP contribution in [0, 0.1) is 0 Å². The molecule has 0 spiro atoms. The summed E-state index contributed by atoms with van der Waals surface area (Å²) in [5.41, 5.74) is 0. The molecule has 0 aliphatic rings. The Kier molecular flexibility index (Phi) is 47.9. The van der Waals surface area contributed by atoms with Gasteiger partial charge in [0.1, 0.15) is 13.2 Å². The van der Waals surface area contributed by atoms with Crippen LogP contribution in [0.5, 0.6) is 0 Å². The van der Waals surface area contributed by atoms with Gasteiger partial charge in [-0.25, -0.2) is 4.57 Å². The van der Waals surface area contributed by atoms with Crippen molar-refractivity contribution in [2.45, 2.75) is 264 Å². The maximum absolute atomic E-state index is 13.0. The monoisotopic (exact) mass is 962 g/mol. The van der Waals surface area contributed by atoms with Crippen LogP contribution in [0.15, 0.2) is 60.8 Å². The van der Waals surface area contributed by atoms with Crippen LogP contribution < -0.4 is 5.32 Å². The van der Waals surface area contributed by atoms with Gasteiger partial charge in [0.05, 0.1) is 39.9 Å². The third kappa shape index (κ3) is 51.9. The third-order valence-corrected chi connectivity index (χ3v) is 13.5. The zero-order valence-corrected chi connectivity index (χ0v) is 45.5. The fraction of sp³-hybridized carbons (Fsp3) is 0.810. The molecule has 0 heterocycles. The summed E-state index contributed by atoms with van der Waals surface area (Å²) in [6.07, 6.45) is 66.1. The lowest BCUT2D eigenvalue weighted by Gasteiger charge is -2.25. The molecule has 0 aliphatic heterocycles. The zero-order chi connectivity index (χ0) is 49.2. The number of nitrogens with zero attached hydrogens (tertiary/aromatic N) is 1. The maximum Gasteiger partial charge on any atom is 0.472 e. The van der Waals surface area contributed by atoms with Crippen molar-refractivity contribution in [1.29, 1.82) is 0 Å². The molecular weight excluding hydrogens is 852 g/mol.